The molecule has 4 aliphatic rings. The van der Waals surface area contributed by atoms with Crippen molar-refractivity contribution in [1.29, 1.82) is 0 Å². The van der Waals surface area contributed by atoms with Gasteiger partial charge in [0.2, 0.25) is 0 Å². The fraction of sp³-hybridized carbons (Fsp3) is 1.00. The highest BCUT2D eigenvalue weighted by atomic mass is 16.5. The van der Waals surface area contributed by atoms with Gasteiger partial charge in [0.15, 0.2) is 0 Å². The van der Waals surface area contributed by atoms with Crippen LogP contribution in [0.1, 0.15) is 65.2 Å². The summed E-state index contributed by atoms with van der Waals surface area (Å²) < 4.78 is 5.29. The van der Waals surface area contributed by atoms with Gasteiger partial charge in [-0.1, -0.05) is 13.8 Å². The fourth-order valence-electron chi connectivity index (χ4n) is 8.54. The van der Waals surface area contributed by atoms with Crippen LogP contribution in [0.2, 0.25) is 0 Å². The van der Waals surface area contributed by atoms with Crippen molar-refractivity contribution in [2.45, 2.75) is 76.9 Å². The topological polar surface area (TPSA) is 69.9 Å². The van der Waals surface area contributed by atoms with Crippen LogP contribution in [0.25, 0.3) is 0 Å². The van der Waals surface area contributed by atoms with Crippen molar-refractivity contribution >= 4 is 0 Å². The van der Waals surface area contributed by atoms with E-state index in [1.807, 2.05) is 0 Å². The van der Waals surface area contributed by atoms with E-state index in [0.717, 1.165) is 25.7 Å². The predicted octanol–water partition coefficient (Wildman–Crippen LogP) is 3.23. The molecule has 4 aliphatic carbocycles. The Labute approximate surface area is 164 Å². The first kappa shape index (κ1) is 20.1. The molecule has 0 radical (unpaired) electrons. The summed E-state index contributed by atoms with van der Waals surface area (Å²) in [5.74, 6) is 3.72. The Morgan fingerprint density at radius 2 is 1.85 bits per heavy atom. The van der Waals surface area contributed by atoms with Crippen molar-refractivity contribution in [3.63, 3.8) is 0 Å². The molecule has 10 atom stereocenters. The van der Waals surface area contributed by atoms with E-state index in [1.54, 1.807) is 7.11 Å². The molecule has 0 saturated heterocycles. The van der Waals surface area contributed by atoms with E-state index < -0.39 is 5.60 Å². The van der Waals surface area contributed by atoms with Crippen molar-refractivity contribution in [3.8, 4) is 0 Å². The van der Waals surface area contributed by atoms with Crippen LogP contribution < -0.4 is 0 Å². The molecule has 0 spiro atoms. The van der Waals surface area contributed by atoms with Crippen molar-refractivity contribution in [2.75, 3.05) is 20.3 Å². The van der Waals surface area contributed by atoms with Crippen LogP contribution in [0.4, 0.5) is 0 Å². The Bertz CT molecular complexity index is 538. The lowest BCUT2D eigenvalue weighted by Crippen LogP contribution is -2.56. The normalized spacial score (nSPS) is 53.3. The molecular formula is C23H40O4. The Hall–Kier alpha value is -0.160. The number of methoxy groups -OCH3 is 1. The minimum atomic E-state index is -0.661. The molecule has 4 heteroatoms. The molecule has 27 heavy (non-hydrogen) atoms. The van der Waals surface area contributed by atoms with Gasteiger partial charge in [-0.2, -0.15) is 0 Å². The molecule has 0 bridgehead atoms. The number of hydrogen-bond donors (Lipinski definition) is 3. The smallest absolute Gasteiger partial charge is 0.0882 e. The molecule has 4 nitrogen and oxygen atoms in total. The molecule has 156 valence electrons. The van der Waals surface area contributed by atoms with Gasteiger partial charge in [0.1, 0.15) is 0 Å². The third-order valence-corrected chi connectivity index (χ3v) is 9.53. The SMILES string of the molecule is COC[C@@]1(O)CC[C@H]2[C@H](CC[C@@H]3[C@@H]2[C@H](O)C[C@]2(C)[C@@H](C(C)CO)CC[C@@H]32)C1. The van der Waals surface area contributed by atoms with Crippen LogP contribution in [0, 0.1) is 46.8 Å². The zero-order chi connectivity index (χ0) is 19.4. The van der Waals surface area contributed by atoms with Crippen LogP contribution in [0.5, 0.6) is 0 Å². The van der Waals surface area contributed by atoms with Crippen LogP contribution in [-0.2, 0) is 4.74 Å². The largest absolute Gasteiger partial charge is 0.396 e. The van der Waals surface area contributed by atoms with E-state index in [0.29, 0.717) is 48.0 Å². The molecule has 0 aromatic carbocycles. The first-order valence-corrected chi connectivity index (χ1v) is 11.3. The average Bonchev–Trinajstić information content (AvgIpc) is 2.97. The summed E-state index contributed by atoms with van der Waals surface area (Å²) in [6, 6.07) is 0. The Balaban J connectivity index is 1.54. The number of ether oxygens (including phenoxy) is 1. The van der Waals surface area contributed by atoms with Gasteiger partial charge in [-0.25, -0.2) is 0 Å². The van der Waals surface area contributed by atoms with Crippen molar-refractivity contribution in [1.82, 2.24) is 0 Å². The summed E-state index contributed by atoms with van der Waals surface area (Å²) in [5, 5.41) is 31.9. The van der Waals surface area contributed by atoms with Gasteiger partial charge >= 0.3 is 0 Å². The second-order valence-corrected chi connectivity index (χ2v) is 10.9. The van der Waals surface area contributed by atoms with Gasteiger partial charge in [0.05, 0.1) is 18.3 Å². The Morgan fingerprint density at radius 1 is 1.07 bits per heavy atom. The lowest BCUT2D eigenvalue weighted by Gasteiger charge is -2.59. The van der Waals surface area contributed by atoms with Gasteiger partial charge < -0.3 is 20.1 Å². The summed E-state index contributed by atoms with van der Waals surface area (Å²) in [5.41, 5.74) is -0.479. The Kier molecular flexibility index (Phi) is 5.42. The van der Waals surface area contributed by atoms with Crippen LogP contribution in [0.15, 0.2) is 0 Å². The van der Waals surface area contributed by atoms with Crippen LogP contribution in [0.3, 0.4) is 0 Å². The molecule has 0 amide bonds. The monoisotopic (exact) mass is 380 g/mol. The highest BCUT2D eigenvalue weighted by Crippen LogP contribution is 2.65. The number of aliphatic hydroxyl groups excluding tert-OH is 2. The quantitative estimate of drug-likeness (QED) is 0.700. The molecule has 0 heterocycles. The number of hydrogen-bond acceptors (Lipinski definition) is 4. The molecule has 4 saturated carbocycles. The second-order valence-electron chi connectivity index (χ2n) is 10.9. The van der Waals surface area contributed by atoms with E-state index in [1.165, 1.54) is 25.7 Å². The van der Waals surface area contributed by atoms with Gasteiger partial charge in [-0.3, -0.25) is 0 Å². The van der Waals surface area contributed by atoms with Crippen LogP contribution >= 0.6 is 0 Å². The van der Waals surface area contributed by atoms with Gasteiger partial charge in [0, 0.05) is 13.7 Å². The summed E-state index contributed by atoms with van der Waals surface area (Å²) in [7, 11) is 1.68. The number of rotatable bonds is 4. The molecule has 3 N–H and O–H groups in total. The average molecular weight is 381 g/mol. The molecule has 0 aromatic heterocycles. The van der Waals surface area contributed by atoms with E-state index in [2.05, 4.69) is 13.8 Å². The minimum Gasteiger partial charge on any atom is -0.396 e. The van der Waals surface area contributed by atoms with Crippen molar-refractivity contribution in [3.05, 3.63) is 0 Å². The lowest BCUT2D eigenvalue weighted by molar-refractivity contribution is -0.162. The summed E-state index contributed by atoms with van der Waals surface area (Å²) in [4.78, 5) is 0. The fourth-order valence-corrected chi connectivity index (χ4v) is 8.54. The van der Waals surface area contributed by atoms with Crippen molar-refractivity contribution in [2.24, 2.45) is 46.8 Å². The van der Waals surface area contributed by atoms with Gasteiger partial charge in [-0.05, 0) is 98.2 Å². The van der Waals surface area contributed by atoms with Gasteiger partial charge in [-0.15, -0.1) is 0 Å². The zero-order valence-electron chi connectivity index (χ0n) is 17.4. The van der Waals surface area contributed by atoms with E-state index >= 15 is 0 Å². The van der Waals surface area contributed by atoms with Crippen LogP contribution in [-0.4, -0.2) is 47.3 Å². The first-order valence-electron chi connectivity index (χ1n) is 11.3. The maximum absolute atomic E-state index is 11.3. The molecule has 0 aliphatic heterocycles. The maximum atomic E-state index is 11.3. The van der Waals surface area contributed by atoms with Gasteiger partial charge in [0.25, 0.3) is 0 Å². The zero-order valence-corrected chi connectivity index (χ0v) is 17.4. The molecule has 4 rings (SSSR count). The molecular weight excluding hydrogens is 340 g/mol. The summed E-state index contributed by atoms with van der Waals surface area (Å²) in [6.45, 7) is 5.30. The Morgan fingerprint density at radius 3 is 2.56 bits per heavy atom. The third kappa shape index (κ3) is 3.19. The van der Waals surface area contributed by atoms with E-state index in [-0.39, 0.29) is 18.1 Å². The standard InChI is InChI=1S/C23H40O4/c1-14(12-24)18-6-7-19-17-5-4-15-10-23(26,13-27-3)9-8-16(15)21(17)20(25)11-22(18,19)2/h14-21,24-26H,4-13H2,1-3H3/t14?,15-,16+,17+,18-,19+,20-,21-,22-,23-/m1/s1. The summed E-state index contributed by atoms with van der Waals surface area (Å²) >= 11 is 0. The highest BCUT2D eigenvalue weighted by Gasteiger charge is 2.61. The second kappa shape index (κ2) is 7.27. The maximum Gasteiger partial charge on any atom is 0.0882 e. The first-order chi connectivity index (χ1) is 12.8. The molecule has 0 aromatic rings. The number of aliphatic hydroxyl groups is 3. The van der Waals surface area contributed by atoms with E-state index in [9.17, 15) is 15.3 Å². The molecule has 4 fully saturated rings. The lowest BCUT2D eigenvalue weighted by atomic mass is 9.47. The highest BCUT2D eigenvalue weighted by molar-refractivity contribution is 5.10. The number of fused-ring (bicyclic) bond motifs is 5. The van der Waals surface area contributed by atoms with E-state index in [4.69, 9.17) is 4.74 Å². The third-order valence-electron chi connectivity index (χ3n) is 9.53. The summed E-state index contributed by atoms with van der Waals surface area (Å²) in [6.07, 6.45) is 8.23. The molecule has 1 unspecified atom stereocenters. The van der Waals surface area contributed by atoms with Crippen molar-refractivity contribution < 1.29 is 20.1 Å². The predicted molar refractivity (Wildman–Crippen MR) is 105 cm³/mol. The minimum absolute atomic E-state index is 0.182.